The third-order valence-electron chi connectivity index (χ3n) is 5.39. The van der Waals surface area contributed by atoms with E-state index in [1.807, 2.05) is 31.2 Å². The van der Waals surface area contributed by atoms with Crippen molar-refractivity contribution in [3.05, 3.63) is 65.2 Å². The van der Waals surface area contributed by atoms with E-state index < -0.39 is 28.5 Å². The maximum Gasteiger partial charge on any atom is 0.244 e. The predicted molar refractivity (Wildman–Crippen MR) is 133 cm³/mol. The largest absolute Gasteiger partial charge is 0.355 e. The Labute approximate surface area is 202 Å². The van der Waals surface area contributed by atoms with E-state index in [-0.39, 0.29) is 23.9 Å². The van der Waals surface area contributed by atoms with Gasteiger partial charge < -0.3 is 10.2 Å². The molecule has 0 aliphatic rings. The lowest BCUT2D eigenvalue weighted by Crippen LogP contribution is -2.52. The van der Waals surface area contributed by atoms with Crippen molar-refractivity contribution in [1.29, 1.82) is 0 Å². The van der Waals surface area contributed by atoms with Crippen molar-refractivity contribution in [2.75, 3.05) is 23.7 Å². The Morgan fingerprint density at radius 1 is 1.03 bits per heavy atom. The first-order valence-electron chi connectivity index (χ1n) is 11.2. The van der Waals surface area contributed by atoms with Crippen molar-refractivity contribution in [2.24, 2.45) is 0 Å². The van der Waals surface area contributed by atoms with Crippen molar-refractivity contribution in [2.45, 2.75) is 46.7 Å². The summed E-state index contributed by atoms with van der Waals surface area (Å²) >= 11 is 0. The summed E-state index contributed by atoms with van der Waals surface area (Å²) in [4.78, 5) is 39.6. The fourth-order valence-corrected chi connectivity index (χ4v) is 4.55. The van der Waals surface area contributed by atoms with Gasteiger partial charge in [0.05, 0.1) is 11.9 Å². The summed E-state index contributed by atoms with van der Waals surface area (Å²) in [5.41, 5.74) is 2.39. The molecule has 0 bridgehead atoms. The number of hydrogen-bond acceptors (Lipinski definition) is 5. The van der Waals surface area contributed by atoms with Crippen LogP contribution in [-0.4, -0.2) is 56.3 Å². The summed E-state index contributed by atoms with van der Waals surface area (Å²) in [5, 5.41) is 2.76. The molecule has 1 unspecified atom stereocenters. The van der Waals surface area contributed by atoms with Crippen LogP contribution in [0.4, 0.5) is 5.69 Å². The molecule has 2 aromatic carbocycles. The van der Waals surface area contributed by atoms with E-state index in [9.17, 15) is 22.8 Å². The molecule has 0 aromatic heterocycles. The molecule has 2 amide bonds. The highest BCUT2D eigenvalue weighted by Crippen LogP contribution is 2.21. The molecule has 0 aliphatic heterocycles. The Morgan fingerprint density at radius 2 is 1.71 bits per heavy atom. The molecule has 2 rings (SSSR count). The number of amides is 2. The van der Waals surface area contributed by atoms with Crippen LogP contribution >= 0.6 is 0 Å². The van der Waals surface area contributed by atoms with Crippen LogP contribution in [0.5, 0.6) is 0 Å². The van der Waals surface area contributed by atoms with E-state index in [0.717, 1.165) is 21.7 Å². The van der Waals surface area contributed by atoms with Gasteiger partial charge in [-0.3, -0.25) is 18.7 Å². The number of nitrogens with zero attached hydrogens (tertiary/aromatic N) is 2. The van der Waals surface area contributed by atoms with E-state index >= 15 is 0 Å². The third-order valence-corrected chi connectivity index (χ3v) is 6.53. The minimum Gasteiger partial charge on any atom is -0.355 e. The van der Waals surface area contributed by atoms with Crippen molar-refractivity contribution < 1.29 is 22.8 Å². The van der Waals surface area contributed by atoms with Gasteiger partial charge >= 0.3 is 0 Å². The molecule has 1 N–H and O–H groups in total. The minimum atomic E-state index is -3.86. The van der Waals surface area contributed by atoms with Gasteiger partial charge in [-0.2, -0.15) is 0 Å². The number of benzene rings is 2. The number of ketones is 1. The molecule has 0 fully saturated rings. The standard InChI is InChI=1S/C25H33N3O5S/c1-6-23(25(31)26-7-2)27(16-20-11-8-10-18(3)14-20)24(30)17-28(34(5,32)33)22-13-9-12-21(15-22)19(4)29/h8-15,23H,6-7,16-17H2,1-5H3,(H,26,31). The Balaban J connectivity index is 2.47. The first-order valence-corrected chi connectivity index (χ1v) is 13.0. The molecule has 1 atom stereocenters. The number of likely N-dealkylation sites (N-methyl/N-ethyl adjacent to an activating group) is 1. The van der Waals surface area contributed by atoms with Crippen molar-refractivity contribution in [1.82, 2.24) is 10.2 Å². The molecule has 0 saturated heterocycles. The zero-order valence-corrected chi connectivity index (χ0v) is 21.2. The highest BCUT2D eigenvalue weighted by molar-refractivity contribution is 7.92. The Morgan fingerprint density at radius 3 is 2.26 bits per heavy atom. The fourth-order valence-electron chi connectivity index (χ4n) is 3.71. The third kappa shape index (κ3) is 7.15. The van der Waals surface area contributed by atoms with Crippen LogP contribution in [0.25, 0.3) is 0 Å². The van der Waals surface area contributed by atoms with Crippen molar-refractivity contribution in [3.8, 4) is 0 Å². The van der Waals surface area contributed by atoms with Gasteiger partial charge in [0.25, 0.3) is 0 Å². The first-order chi connectivity index (χ1) is 16.0. The number of nitrogens with one attached hydrogen (secondary N) is 1. The normalized spacial score (nSPS) is 12.0. The second kappa shape index (κ2) is 11.8. The number of carbonyl (C=O) groups excluding carboxylic acids is 3. The zero-order valence-electron chi connectivity index (χ0n) is 20.4. The molecule has 9 heteroatoms. The molecule has 2 aromatic rings. The monoisotopic (exact) mass is 487 g/mol. The second-order valence-electron chi connectivity index (χ2n) is 8.21. The molecular weight excluding hydrogens is 454 g/mol. The van der Waals surface area contributed by atoms with Crippen molar-refractivity contribution >= 4 is 33.3 Å². The lowest BCUT2D eigenvalue weighted by molar-refractivity contribution is -0.140. The molecule has 0 radical (unpaired) electrons. The minimum absolute atomic E-state index is 0.154. The van der Waals surface area contributed by atoms with Gasteiger partial charge in [0.1, 0.15) is 12.6 Å². The summed E-state index contributed by atoms with van der Waals surface area (Å²) in [6, 6.07) is 13.0. The van der Waals surface area contributed by atoms with Crippen LogP contribution in [0.15, 0.2) is 48.5 Å². The summed E-state index contributed by atoms with van der Waals surface area (Å²) in [7, 11) is -3.86. The van der Waals surface area contributed by atoms with Crippen LogP contribution in [0.3, 0.4) is 0 Å². The number of aryl methyl sites for hydroxylation is 1. The van der Waals surface area contributed by atoms with Crippen molar-refractivity contribution in [3.63, 3.8) is 0 Å². The van der Waals surface area contributed by atoms with E-state index in [4.69, 9.17) is 0 Å². The van der Waals surface area contributed by atoms with Crippen LogP contribution in [0, 0.1) is 6.92 Å². The number of hydrogen-bond donors (Lipinski definition) is 1. The Bertz CT molecular complexity index is 1150. The van der Waals surface area contributed by atoms with Gasteiger partial charge in [0.15, 0.2) is 5.78 Å². The summed E-state index contributed by atoms with van der Waals surface area (Å²) in [6.07, 6.45) is 1.37. The number of sulfonamides is 1. The first kappa shape index (κ1) is 27.0. The van der Waals surface area contributed by atoms with E-state index in [1.54, 1.807) is 26.0 Å². The topological polar surface area (TPSA) is 104 Å². The van der Waals surface area contributed by atoms with Gasteiger partial charge in [0, 0.05) is 18.7 Å². The van der Waals surface area contributed by atoms with Crippen LogP contribution < -0.4 is 9.62 Å². The molecule has 0 aliphatic carbocycles. The average molecular weight is 488 g/mol. The summed E-state index contributed by atoms with van der Waals surface area (Å²) in [6.45, 7) is 6.99. The Hall–Kier alpha value is -3.20. The molecule has 34 heavy (non-hydrogen) atoms. The van der Waals surface area contributed by atoms with Gasteiger partial charge in [-0.1, -0.05) is 48.9 Å². The molecule has 184 valence electrons. The molecular formula is C25H33N3O5S. The van der Waals surface area contributed by atoms with E-state index in [2.05, 4.69) is 5.32 Å². The van der Waals surface area contributed by atoms with Gasteiger partial charge in [-0.15, -0.1) is 0 Å². The number of carbonyl (C=O) groups is 3. The molecule has 0 spiro atoms. The lowest BCUT2D eigenvalue weighted by Gasteiger charge is -2.33. The highest BCUT2D eigenvalue weighted by Gasteiger charge is 2.31. The smallest absolute Gasteiger partial charge is 0.244 e. The summed E-state index contributed by atoms with van der Waals surface area (Å²) in [5.74, 6) is -1.03. The predicted octanol–water partition coefficient (Wildman–Crippen LogP) is 2.91. The van der Waals surface area contributed by atoms with E-state index in [1.165, 1.54) is 24.0 Å². The van der Waals surface area contributed by atoms with Crippen LogP contribution in [-0.2, 0) is 26.2 Å². The average Bonchev–Trinajstić information content (AvgIpc) is 2.76. The fraction of sp³-hybridized carbons (Fsp3) is 0.400. The van der Waals surface area contributed by atoms with Crippen LogP contribution in [0.2, 0.25) is 0 Å². The quantitative estimate of drug-likeness (QED) is 0.491. The Kier molecular flexibility index (Phi) is 9.37. The lowest BCUT2D eigenvalue weighted by atomic mass is 10.1. The van der Waals surface area contributed by atoms with Gasteiger partial charge in [0.2, 0.25) is 21.8 Å². The molecule has 8 nitrogen and oxygen atoms in total. The SMILES string of the molecule is CCNC(=O)C(CC)N(Cc1cccc(C)c1)C(=O)CN(c1cccc(C(C)=O)c1)S(C)(=O)=O. The number of anilines is 1. The van der Waals surface area contributed by atoms with E-state index in [0.29, 0.717) is 18.5 Å². The maximum absolute atomic E-state index is 13.6. The number of Topliss-reactive ketones (excluding diaryl/α,β-unsaturated/α-hetero) is 1. The molecule has 0 heterocycles. The van der Waals surface area contributed by atoms with Crippen LogP contribution in [0.1, 0.15) is 48.7 Å². The molecule has 0 saturated carbocycles. The van der Waals surface area contributed by atoms with Gasteiger partial charge in [-0.25, -0.2) is 8.42 Å². The maximum atomic E-state index is 13.6. The zero-order chi connectivity index (χ0) is 25.5. The highest BCUT2D eigenvalue weighted by atomic mass is 32.2. The van der Waals surface area contributed by atoms with Gasteiger partial charge in [-0.05, 0) is 44.9 Å². The summed E-state index contributed by atoms with van der Waals surface area (Å²) < 4.78 is 26.2. The number of rotatable bonds is 11. The second-order valence-corrected chi connectivity index (χ2v) is 10.1.